The monoisotopic (exact) mass is 469 g/mol. The number of hydrogen-bond acceptors (Lipinski definition) is 6. The molecule has 1 aliphatic heterocycles. The van der Waals surface area contributed by atoms with Crippen molar-refractivity contribution in [3.63, 3.8) is 0 Å². The summed E-state index contributed by atoms with van der Waals surface area (Å²) in [7, 11) is 0. The van der Waals surface area contributed by atoms with Crippen LogP contribution in [-0.2, 0) is 6.42 Å². The first kappa shape index (κ1) is 20.8. The van der Waals surface area contributed by atoms with Gasteiger partial charge in [0.25, 0.3) is 5.91 Å². The molecule has 0 aliphatic carbocycles. The number of aromatic nitrogens is 2. The predicted molar refractivity (Wildman–Crippen MR) is 121 cm³/mol. The average molecular weight is 470 g/mol. The lowest BCUT2D eigenvalue weighted by Gasteiger charge is -2.22. The van der Waals surface area contributed by atoms with Crippen molar-refractivity contribution in [3.8, 4) is 0 Å². The van der Waals surface area contributed by atoms with Gasteiger partial charge in [0.2, 0.25) is 10.9 Å². The number of anilines is 1. The van der Waals surface area contributed by atoms with E-state index in [4.69, 9.17) is 16.0 Å². The molecule has 3 heterocycles. The zero-order valence-corrected chi connectivity index (χ0v) is 18.7. The molecule has 0 saturated carbocycles. The van der Waals surface area contributed by atoms with E-state index in [0.717, 1.165) is 17.5 Å². The number of rotatable bonds is 4. The number of nitrogens with zero attached hydrogens (tertiary/aromatic N) is 3. The van der Waals surface area contributed by atoms with Gasteiger partial charge >= 0.3 is 0 Å². The zero-order valence-electron chi connectivity index (χ0n) is 17.1. The van der Waals surface area contributed by atoms with Gasteiger partial charge in [-0.25, -0.2) is 4.39 Å². The van der Waals surface area contributed by atoms with Crippen LogP contribution in [0.15, 0.2) is 51.7 Å². The van der Waals surface area contributed by atoms with Crippen LogP contribution in [0.2, 0.25) is 5.02 Å². The molecule has 1 aliphatic rings. The number of amides is 1. The second kappa shape index (κ2) is 7.79. The van der Waals surface area contributed by atoms with E-state index >= 15 is 0 Å². The molecule has 0 radical (unpaired) electrons. The van der Waals surface area contributed by atoms with Crippen molar-refractivity contribution in [2.45, 2.75) is 26.3 Å². The van der Waals surface area contributed by atoms with Gasteiger partial charge in [0.1, 0.15) is 16.4 Å². The second-order valence-electron chi connectivity index (χ2n) is 8.02. The fraction of sp³-hybridized carbons (Fsp3) is 0.217. The standard InChI is InChI=1S/C23H17ClFN3O3S/c1-11(2)8-17-26-27-23(32-17)28-19(12-4-3-5-13(24)9-12)18-20(29)15-10-14(25)6-7-16(15)31-21(18)22(28)30/h3-7,9-11,19H,8H2,1-2H3. The lowest BCUT2D eigenvalue weighted by atomic mass is 9.99. The Morgan fingerprint density at radius 3 is 2.75 bits per heavy atom. The molecule has 0 saturated heterocycles. The van der Waals surface area contributed by atoms with Crippen molar-refractivity contribution in [1.29, 1.82) is 0 Å². The van der Waals surface area contributed by atoms with Crippen LogP contribution in [0.3, 0.4) is 0 Å². The molecule has 0 bridgehead atoms. The smallest absolute Gasteiger partial charge is 0.297 e. The molecule has 32 heavy (non-hydrogen) atoms. The molecular weight excluding hydrogens is 453 g/mol. The normalized spacial score (nSPS) is 15.7. The number of hydrogen-bond donors (Lipinski definition) is 0. The molecule has 2 aromatic carbocycles. The van der Waals surface area contributed by atoms with E-state index in [2.05, 4.69) is 24.0 Å². The summed E-state index contributed by atoms with van der Waals surface area (Å²) in [5.74, 6) is -0.776. The number of carbonyl (C=O) groups excluding carboxylic acids is 1. The van der Waals surface area contributed by atoms with E-state index in [1.54, 1.807) is 24.3 Å². The minimum atomic E-state index is -0.819. The topological polar surface area (TPSA) is 76.3 Å². The molecule has 1 atom stereocenters. The summed E-state index contributed by atoms with van der Waals surface area (Å²) in [6.07, 6.45) is 0.717. The van der Waals surface area contributed by atoms with Crippen molar-refractivity contribution in [1.82, 2.24) is 10.2 Å². The highest BCUT2D eigenvalue weighted by Gasteiger charge is 2.45. The summed E-state index contributed by atoms with van der Waals surface area (Å²) in [5.41, 5.74) is 0.436. The molecule has 9 heteroatoms. The molecule has 2 aromatic heterocycles. The van der Waals surface area contributed by atoms with Gasteiger partial charge < -0.3 is 4.42 Å². The van der Waals surface area contributed by atoms with Crippen LogP contribution in [0, 0.1) is 11.7 Å². The lowest BCUT2D eigenvalue weighted by Crippen LogP contribution is -2.29. The summed E-state index contributed by atoms with van der Waals surface area (Å²) in [5, 5.41) is 10.1. The third-order valence-corrected chi connectivity index (χ3v) is 6.42. The van der Waals surface area contributed by atoms with E-state index in [0.29, 0.717) is 21.6 Å². The molecular formula is C23H17ClFN3O3S. The largest absolute Gasteiger partial charge is 0.450 e. The summed E-state index contributed by atoms with van der Waals surface area (Å²) in [6.45, 7) is 4.14. The van der Waals surface area contributed by atoms with Crippen molar-refractivity contribution in [2.75, 3.05) is 4.90 Å². The van der Waals surface area contributed by atoms with Gasteiger partial charge in [-0.1, -0.05) is 48.9 Å². The van der Waals surface area contributed by atoms with Gasteiger partial charge in [0.15, 0.2) is 5.43 Å². The van der Waals surface area contributed by atoms with Crippen molar-refractivity contribution >= 4 is 44.9 Å². The Kier molecular flexibility index (Phi) is 5.06. The van der Waals surface area contributed by atoms with Gasteiger partial charge in [-0.05, 0) is 41.8 Å². The zero-order chi connectivity index (χ0) is 22.6. The van der Waals surface area contributed by atoms with Gasteiger partial charge in [-0.15, -0.1) is 10.2 Å². The molecule has 0 N–H and O–H groups in total. The first-order valence-electron chi connectivity index (χ1n) is 10.0. The second-order valence-corrected chi connectivity index (χ2v) is 9.50. The van der Waals surface area contributed by atoms with Crippen molar-refractivity contribution in [3.05, 3.63) is 85.4 Å². The molecule has 162 valence electrons. The maximum atomic E-state index is 13.9. The molecule has 4 aromatic rings. The van der Waals surface area contributed by atoms with E-state index in [9.17, 15) is 14.0 Å². The molecule has 0 fully saturated rings. The van der Waals surface area contributed by atoms with E-state index in [1.807, 2.05) is 0 Å². The molecule has 6 nitrogen and oxygen atoms in total. The maximum Gasteiger partial charge on any atom is 0.297 e. The van der Waals surface area contributed by atoms with E-state index in [1.165, 1.54) is 28.4 Å². The Labute approximate surface area is 191 Å². The highest BCUT2D eigenvalue weighted by Crippen LogP contribution is 2.42. The van der Waals surface area contributed by atoms with Crippen molar-refractivity contribution < 1.29 is 13.6 Å². The van der Waals surface area contributed by atoms with Gasteiger partial charge in [0.05, 0.1) is 17.0 Å². The number of carbonyl (C=O) groups is 1. The quantitative estimate of drug-likeness (QED) is 0.400. The minimum absolute atomic E-state index is 0.0724. The lowest BCUT2D eigenvalue weighted by molar-refractivity contribution is 0.0970. The molecule has 1 amide bonds. The van der Waals surface area contributed by atoms with Crippen LogP contribution in [0.25, 0.3) is 11.0 Å². The van der Waals surface area contributed by atoms with Gasteiger partial charge in [0, 0.05) is 11.4 Å². The summed E-state index contributed by atoms with van der Waals surface area (Å²) < 4.78 is 19.7. The third-order valence-electron chi connectivity index (χ3n) is 5.24. The molecule has 0 spiro atoms. The minimum Gasteiger partial charge on any atom is -0.450 e. The Bertz CT molecular complexity index is 1430. The van der Waals surface area contributed by atoms with Gasteiger partial charge in [-0.3, -0.25) is 14.5 Å². The molecule has 5 rings (SSSR count). The Hall–Kier alpha value is -3.10. The fourth-order valence-electron chi connectivity index (χ4n) is 3.91. The summed E-state index contributed by atoms with van der Waals surface area (Å²) in [6, 6.07) is 9.75. The van der Waals surface area contributed by atoms with Crippen molar-refractivity contribution in [2.24, 2.45) is 5.92 Å². The average Bonchev–Trinajstić information content (AvgIpc) is 3.30. The first-order chi connectivity index (χ1) is 15.3. The first-order valence-corrected chi connectivity index (χ1v) is 11.2. The predicted octanol–water partition coefficient (Wildman–Crippen LogP) is 5.39. The SMILES string of the molecule is CC(C)Cc1nnc(N2C(=O)c3oc4ccc(F)cc4c(=O)c3C2c2cccc(Cl)c2)s1. The highest BCUT2D eigenvalue weighted by molar-refractivity contribution is 7.15. The van der Waals surface area contributed by atoms with Crippen LogP contribution >= 0.6 is 22.9 Å². The summed E-state index contributed by atoms with van der Waals surface area (Å²) >= 11 is 7.51. The highest BCUT2D eigenvalue weighted by atomic mass is 35.5. The fourth-order valence-corrected chi connectivity index (χ4v) is 5.18. The Morgan fingerprint density at radius 1 is 1.19 bits per heavy atom. The van der Waals surface area contributed by atoms with E-state index in [-0.39, 0.29) is 22.3 Å². The Morgan fingerprint density at radius 2 is 2.00 bits per heavy atom. The number of benzene rings is 2. The summed E-state index contributed by atoms with van der Waals surface area (Å²) in [4.78, 5) is 28.3. The molecule has 1 unspecified atom stereocenters. The van der Waals surface area contributed by atoms with Crippen LogP contribution in [0.5, 0.6) is 0 Å². The van der Waals surface area contributed by atoms with Gasteiger partial charge in [-0.2, -0.15) is 0 Å². The third kappa shape index (κ3) is 3.40. The van der Waals surface area contributed by atoms with E-state index < -0.39 is 23.2 Å². The van der Waals surface area contributed by atoms with Crippen LogP contribution < -0.4 is 10.3 Å². The maximum absolute atomic E-state index is 13.9. The number of fused-ring (bicyclic) bond motifs is 2. The Balaban J connectivity index is 1.75. The van der Waals surface area contributed by atoms with Crippen LogP contribution in [0.1, 0.15) is 46.6 Å². The van der Waals surface area contributed by atoms with Crippen LogP contribution in [0.4, 0.5) is 9.52 Å². The number of halogens is 2. The van der Waals surface area contributed by atoms with Crippen LogP contribution in [-0.4, -0.2) is 16.1 Å².